The molecular weight excluding hydrogens is 319 g/mol. The summed E-state index contributed by atoms with van der Waals surface area (Å²) in [6.45, 7) is 2.08. The number of aromatic amines is 1. The van der Waals surface area contributed by atoms with Crippen molar-refractivity contribution >= 4 is 29.0 Å². The Morgan fingerprint density at radius 2 is 2.14 bits per heavy atom. The van der Waals surface area contributed by atoms with Crippen LogP contribution in [0.2, 0.25) is 10.0 Å². The number of rotatable bonds is 3. The molecule has 0 aliphatic carbocycles. The number of hydrogen-bond acceptors (Lipinski definition) is 3. The van der Waals surface area contributed by atoms with Crippen LogP contribution in [0.3, 0.4) is 0 Å². The molecule has 1 aromatic carbocycles. The molecule has 0 saturated heterocycles. The maximum Gasteiger partial charge on any atom is 0.129 e. The van der Waals surface area contributed by atoms with Crippen molar-refractivity contribution in [1.82, 2.24) is 10.2 Å². The SMILES string of the molecule is CCCC1=C(C#N)C(c2cccc(Cl)c2Cl)c2cn[nH]c2N1. The second-order valence-electron chi connectivity index (χ2n) is 5.16. The van der Waals surface area contributed by atoms with Gasteiger partial charge >= 0.3 is 0 Å². The fourth-order valence-corrected chi connectivity index (χ4v) is 3.23. The molecule has 22 heavy (non-hydrogen) atoms. The molecule has 112 valence electrons. The molecule has 1 aliphatic rings. The number of nitrogens with one attached hydrogen (secondary N) is 2. The van der Waals surface area contributed by atoms with Crippen molar-refractivity contribution in [2.24, 2.45) is 0 Å². The number of nitrogens with zero attached hydrogens (tertiary/aromatic N) is 2. The first-order valence-corrected chi connectivity index (χ1v) is 7.80. The zero-order valence-electron chi connectivity index (χ0n) is 12.0. The van der Waals surface area contributed by atoms with Crippen LogP contribution < -0.4 is 5.32 Å². The van der Waals surface area contributed by atoms with Crippen molar-refractivity contribution < 1.29 is 0 Å². The molecule has 1 aliphatic heterocycles. The summed E-state index contributed by atoms with van der Waals surface area (Å²) in [6.07, 6.45) is 3.45. The molecule has 0 radical (unpaired) electrons. The molecule has 0 fully saturated rings. The van der Waals surface area contributed by atoms with Gasteiger partial charge in [0.15, 0.2) is 0 Å². The van der Waals surface area contributed by atoms with E-state index in [2.05, 4.69) is 28.5 Å². The fraction of sp³-hybridized carbons (Fsp3) is 0.250. The lowest BCUT2D eigenvalue weighted by atomic mass is 9.82. The van der Waals surface area contributed by atoms with Crippen LogP contribution in [0, 0.1) is 11.3 Å². The molecule has 2 aromatic rings. The van der Waals surface area contributed by atoms with Gasteiger partial charge in [0.25, 0.3) is 0 Å². The molecule has 1 atom stereocenters. The molecule has 0 saturated carbocycles. The van der Waals surface area contributed by atoms with E-state index in [1.54, 1.807) is 12.3 Å². The third kappa shape index (κ3) is 2.37. The highest BCUT2D eigenvalue weighted by molar-refractivity contribution is 6.42. The number of benzene rings is 1. The average molecular weight is 333 g/mol. The summed E-state index contributed by atoms with van der Waals surface area (Å²) in [5, 5.41) is 21.0. The summed E-state index contributed by atoms with van der Waals surface area (Å²) in [5.41, 5.74) is 3.30. The number of anilines is 1. The van der Waals surface area contributed by atoms with Gasteiger partial charge in [0.2, 0.25) is 0 Å². The lowest BCUT2D eigenvalue weighted by molar-refractivity contribution is 0.848. The van der Waals surface area contributed by atoms with Gasteiger partial charge in [0, 0.05) is 11.3 Å². The number of nitriles is 1. The van der Waals surface area contributed by atoms with Crippen molar-refractivity contribution in [1.29, 1.82) is 5.26 Å². The van der Waals surface area contributed by atoms with E-state index in [9.17, 15) is 5.26 Å². The Morgan fingerprint density at radius 3 is 2.86 bits per heavy atom. The van der Waals surface area contributed by atoms with E-state index in [1.807, 2.05) is 12.1 Å². The van der Waals surface area contributed by atoms with E-state index in [0.717, 1.165) is 35.5 Å². The third-order valence-electron chi connectivity index (χ3n) is 3.78. The monoisotopic (exact) mass is 332 g/mol. The largest absolute Gasteiger partial charge is 0.343 e. The van der Waals surface area contributed by atoms with Gasteiger partial charge in [-0.25, -0.2) is 0 Å². The van der Waals surface area contributed by atoms with Crippen molar-refractivity contribution in [3.05, 3.63) is 56.8 Å². The Balaban J connectivity index is 2.23. The normalized spacial score (nSPS) is 16.9. The van der Waals surface area contributed by atoms with Crippen molar-refractivity contribution in [3.8, 4) is 6.07 Å². The predicted molar refractivity (Wildman–Crippen MR) is 88.1 cm³/mol. The van der Waals surface area contributed by atoms with E-state index >= 15 is 0 Å². The minimum Gasteiger partial charge on any atom is -0.343 e. The topological polar surface area (TPSA) is 64.5 Å². The molecule has 0 spiro atoms. The van der Waals surface area contributed by atoms with Crippen LogP contribution >= 0.6 is 23.2 Å². The van der Waals surface area contributed by atoms with Gasteiger partial charge in [-0.1, -0.05) is 48.7 Å². The van der Waals surface area contributed by atoms with Crippen LogP contribution in [0.4, 0.5) is 5.82 Å². The zero-order chi connectivity index (χ0) is 15.7. The van der Waals surface area contributed by atoms with Crippen molar-refractivity contribution in [2.75, 3.05) is 5.32 Å². The molecule has 1 unspecified atom stereocenters. The van der Waals surface area contributed by atoms with Gasteiger partial charge in [-0.05, 0) is 18.1 Å². The van der Waals surface area contributed by atoms with Gasteiger partial charge in [-0.3, -0.25) is 5.10 Å². The lowest BCUT2D eigenvalue weighted by Gasteiger charge is -2.27. The summed E-state index contributed by atoms with van der Waals surface area (Å²) in [7, 11) is 0. The third-order valence-corrected chi connectivity index (χ3v) is 4.62. The maximum absolute atomic E-state index is 9.69. The van der Waals surface area contributed by atoms with E-state index in [-0.39, 0.29) is 5.92 Å². The standard InChI is InChI=1S/C16H14Cl2N4/c1-2-4-13-10(7-19)14(11-8-20-22-16(11)21-13)9-5-3-6-12(17)15(9)18/h3,5-6,8,14H,2,4H2,1H3,(H2,20,21,22). The molecule has 2 heterocycles. The molecule has 3 rings (SSSR count). The lowest BCUT2D eigenvalue weighted by Crippen LogP contribution is -2.18. The number of hydrogen-bond donors (Lipinski definition) is 2. The highest BCUT2D eigenvalue weighted by Gasteiger charge is 2.32. The van der Waals surface area contributed by atoms with Crippen molar-refractivity contribution in [2.45, 2.75) is 25.7 Å². The van der Waals surface area contributed by atoms with E-state index in [4.69, 9.17) is 23.2 Å². The summed E-state index contributed by atoms with van der Waals surface area (Å²) in [5.74, 6) is 0.552. The Labute approximate surface area is 138 Å². The molecular formula is C16H14Cl2N4. The number of H-pyrrole nitrogens is 1. The number of halogens is 2. The van der Waals surface area contributed by atoms with Crippen LogP contribution in [-0.2, 0) is 0 Å². The summed E-state index contributed by atoms with van der Waals surface area (Å²) in [4.78, 5) is 0. The Morgan fingerprint density at radius 1 is 1.32 bits per heavy atom. The maximum atomic E-state index is 9.69. The zero-order valence-corrected chi connectivity index (χ0v) is 13.5. The van der Waals surface area contributed by atoms with Gasteiger partial charge in [-0.2, -0.15) is 10.4 Å². The van der Waals surface area contributed by atoms with Crippen LogP contribution in [-0.4, -0.2) is 10.2 Å². The number of fused-ring (bicyclic) bond motifs is 1. The fourth-order valence-electron chi connectivity index (χ4n) is 2.81. The van der Waals surface area contributed by atoms with Gasteiger partial charge in [0.05, 0.1) is 33.8 Å². The minimum absolute atomic E-state index is 0.257. The Kier molecular flexibility index (Phi) is 4.10. The Bertz CT molecular complexity index is 786. The van der Waals surface area contributed by atoms with Crippen LogP contribution in [0.15, 0.2) is 35.7 Å². The molecule has 2 N–H and O–H groups in total. The smallest absolute Gasteiger partial charge is 0.129 e. The second kappa shape index (κ2) is 6.04. The summed E-state index contributed by atoms with van der Waals surface area (Å²) < 4.78 is 0. The second-order valence-corrected chi connectivity index (χ2v) is 5.94. The molecule has 4 nitrogen and oxygen atoms in total. The van der Waals surface area contributed by atoms with Crippen LogP contribution in [0.1, 0.15) is 36.8 Å². The van der Waals surface area contributed by atoms with E-state index < -0.39 is 0 Å². The Hall–Kier alpha value is -1.96. The first-order chi connectivity index (χ1) is 10.7. The highest BCUT2D eigenvalue weighted by Crippen LogP contribution is 2.44. The minimum atomic E-state index is -0.257. The highest BCUT2D eigenvalue weighted by atomic mass is 35.5. The van der Waals surface area contributed by atoms with Gasteiger partial charge in [0.1, 0.15) is 5.82 Å². The first-order valence-electron chi connectivity index (χ1n) is 7.04. The van der Waals surface area contributed by atoms with E-state index in [1.165, 1.54) is 0 Å². The van der Waals surface area contributed by atoms with Crippen LogP contribution in [0.5, 0.6) is 0 Å². The first kappa shape index (κ1) is 15.0. The average Bonchev–Trinajstić information content (AvgIpc) is 2.97. The summed E-state index contributed by atoms with van der Waals surface area (Å²) in [6, 6.07) is 7.83. The van der Waals surface area contributed by atoms with Crippen molar-refractivity contribution in [3.63, 3.8) is 0 Å². The van der Waals surface area contributed by atoms with Crippen LogP contribution in [0.25, 0.3) is 0 Å². The van der Waals surface area contributed by atoms with Gasteiger partial charge < -0.3 is 5.32 Å². The summed E-state index contributed by atoms with van der Waals surface area (Å²) >= 11 is 12.5. The molecule has 0 amide bonds. The number of allylic oxidation sites excluding steroid dienone is 2. The van der Waals surface area contributed by atoms with Gasteiger partial charge in [-0.15, -0.1) is 0 Å². The molecule has 1 aromatic heterocycles. The predicted octanol–water partition coefficient (Wildman–Crippen LogP) is 4.85. The molecule has 6 heteroatoms. The number of aromatic nitrogens is 2. The molecule has 0 bridgehead atoms. The quantitative estimate of drug-likeness (QED) is 0.844. The van der Waals surface area contributed by atoms with E-state index in [0.29, 0.717) is 15.6 Å².